The van der Waals surface area contributed by atoms with Gasteiger partial charge in [-0.15, -0.1) is 0 Å². The Kier molecular flexibility index (Phi) is 5.21. The van der Waals surface area contributed by atoms with E-state index in [0.717, 1.165) is 28.2 Å². The number of hydrogen-bond acceptors (Lipinski definition) is 1. The molecule has 0 radical (unpaired) electrons. The van der Waals surface area contributed by atoms with Crippen LogP contribution in [0.15, 0.2) is 66.0 Å². The van der Waals surface area contributed by atoms with E-state index in [9.17, 15) is 13.2 Å². The lowest BCUT2D eigenvalue weighted by Crippen LogP contribution is -3.00. The van der Waals surface area contributed by atoms with Crippen molar-refractivity contribution in [1.29, 1.82) is 0 Å². The summed E-state index contributed by atoms with van der Waals surface area (Å²) in [7, 11) is 0. The van der Waals surface area contributed by atoms with Crippen LogP contribution in [0.2, 0.25) is 0 Å². The summed E-state index contributed by atoms with van der Waals surface area (Å²) >= 11 is 1.67. The van der Waals surface area contributed by atoms with E-state index in [1.54, 1.807) is 17.8 Å². The maximum absolute atomic E-state index is 13.1. The number of thioether (sulfide) groups is 1. The molecule has 26 heavy (non-hydrogen) atoms. The van der Waals surface area contributed by atoms with Gasteiger partial charge < -0.3 is 17.0 Å². The highest BCUT2D eigenvalue weighted by molar-refractivity contribution is 7.99. The highest BCUT2D eigenvalue weighted by Crippen LogP contribution is 2.35. The molecule has 2 aromatic carbocycles. The largest absolute Gasteiger partial charge is 1.00 e. The molecule has 0 fully saturated rings. The molecule has 4 rings (SSSR count). The molecule has 2 heterocycles. The van der Waals surface area contributed by atoms with Gasteiger partial charge >= 0.3 is 11.3 Å². The third-order valence-electron chi connectivity index (χ3n) is 4.34. The molecule has 1 atom stereocenters. The molecule has 1 aliphatic rings. The minimum Gasteiger partial charge on any atom is -1.00 e. The molecule has 0 saturated carbocycles. The first kappa shape index (κ1) is 19.0. The first-order chi connectivity index (χ1) is 11.9. The third-order valence-corrected chi connectivity index (χ3v) is 5.64. The fourth-order valence-corrected chi connectivity index (χ4v) is 4.39. The zero-order valence-electron chi connectivity index (χ0n) is 13.9. The van der Waals surface area contributed by atoms with E-state index >= 15 is 0 Å². The van der Waals surface area contributed by atoms with Gasteiger partial charge in [-0.25, -0.2) is 4.57 Å². The van der Waals surface area contributed by atoms with Crippen molar-refractivity contribution in [1.82, 2.24) is 4.57 Å². The summed E-state index contributed by atoms with van der Waals surface area (Å²) in [4.78, 5) is 0. The number of fused-ring (bicyclic) bond motifs is 1. The molecular weight excluding hydrogens is 425 g/mol. The van der Waals surface area contributed by atoms with E-state index in [1.807, 2.05) is 41.1 Å². The van der Waals surface area contributed by atoms with Crippen molar-refractivity contribution in [3.8, 4) is 16.9 Å². The quantitative estimate of drug-likeness (QED) is 0.554. The van der Waals surface area contributed by atoms with Crippen LogP contribution < -0.4 is 21.5 Å². The van der Waals surface area contributed by atoms with Gasteiger partial charge in [0.1, 0.15) is 17.9 Å². The van der Waals surface area contributed by atoms with Crippen molar-refractivity contribution >= 4 is 11.8 Å². The first-order valence-electron chi connectivity index (χ1n) is 7.98. The maximum atomic E-state index is 13.1. The minimum absolute atomic E-state index is 0. The Hall–Kier alpha value is -1.73. The van der Waals surface area contributed by atoms with E-state index in [0.29, 0.717) is 11.7 Å². The van der Waals surface area contributed by atoms with E-state index in [1.165, 1.54) is 12.1 Å². The molecule has 2 nitrogen and oxygen atoms in total. The van der Waals surface area contributed by atoms with Crippen LogP contribution in [0.5, 0.6) is 0 Å². The van der Waals surface area contributed by atoms with Crippen LogP contribution in [0.1, 0.15) is 18.5 Å². The second-order valence-corrected chi connectivity index (χ2v) is 7.10. The molecule has 1 aromatic heterocycles. The molecule has 3 aromatic rings. The average molecular weight is 441 g/mol. The van der Waals surface area contributed by atoms with Gasteiger partial charge in [0.25, 0.3) is 0 Å². The van der Waals surface area contributed by atoms with Gasteiger partial charge in [0.2, 0.25) is 0 Å². The summed E-state index contributed by atoms with van der Waals surface area (Å²) in [6.45, 7) is 2.13. The van der Waals surface area contributed by atoms with Gasteiger partial charge in [0.15, 0.2) is 5.69 Å². The fraction of sp³-hybridized carbons (Fsp3) is 0.211. The van der Waals surface area contributed by atoms with Crippen molar-refractivity contribution in [2.75, 3.05) is 5.75 Å². The second-order valence-electron chi connectivity index (χ2n) is 6.11. The molecule has 0 bridgehead atoms. The summed E-state index contributed by atoms with van der Waals surface area (Å²) < 4.78 is 43.3. The van der Waals surface area contributed by atoms with E-state index in [-0.39, 0.29) is 17.0 Å². The van der Waals surface area contributed by atoms with Gasteiger partial charge in [0, 0.05) is 11.3 Å². The van der Waals surface area contributed by atoms with Crippen LogP contribution in [0.3, 0.4) is 0 Å². The number of nitrogens with zero attached hydrogens (tertiary/aromatic N) is 2. The molecule has 0 saturated heterocycles. The second kappa shape index (κ2) is 7.12. The smallest absolute Gasteiger partial charge is 0.416 e. The molecule has 136 valence electrons. The van der Waals surface area contributed by atoms with Crippen molar-refractivity contribution in [2.45, 2.75) is 24.3 Å². The lowest BCUT2D eigenvalue weighted by atomic mass is 10.1. The molecule has 0 N–H and O–H groups in total. The molecule has 1 unspecified atom stereocenters. The Morgan fingerprint density at radius 2 is 1.81 bits per heavy atom. The van der Waals surface area contributed by atoms with Crippen molar-refractivity contribution in [2.24, 2.45) is 0 Å². The Labute approximate surface area is 164 Å². The molecule has 7 heteroatoms. The average Bonchev–Trinajstić information content (AvgIpc) is 3.16. The number of benzene rings is 2. The number of imidazole rings is 1. The zero-order chi connectivity index (χ0) is 17.6. The number of aromatic nitrogens is 2. The standard InChI is InChI=1S/C19H16F3N2S.BrH/c1-13-12-25-18-23(16-9-5-8-15(10-16)19(20,21)22)11-17(24(13)18)14-6-3-2-4-7-14;/h2-11,13H,12H2,1H3;1H/q+1;/p-1. The Balaban J connectivity index is 0.00000196. The maximum Gasteiger partial charge on any atom is 0.416 e. The minimum atomic E-state index is -4.35. The lowest BCUT2D eigenvalue weighted by Gasteiger charge is -2.07. The molecular formula is C19H16BrF3N2S. The highest BCUT2D eigenvalue weighted by atomic mass is 79.9. The molecule has 0 aliphatic carbocycles. The topological polar surface area (TPSA) is 8.81 Å². The summed E-state index contributed by atoms with van der Waals surface area (Å²) in [6, 6.07) is 15.7. The van der Waals surface area contributed by atoms with Gasteiger partial charge in [-0.3, -0.25) is 0 Å². The third kappa shape index (κ3) is 3.30. The predicted octanol–water partition coefficient (Wildman–Crippen LogP) is 2.12. The first-order valence-corrected chi connectivity index (χ1v) is 8.96. The van der Waals surface area contributed by atoms with E-state index in [4.69, 9.17) is 0 Å². The van der Waals surface area contributed by atoms with E-state index in [2.05, 4.69) is 11.5 Å². The number of halogens is 4. The molecule has 1 aliphatic heterocycles. The van der Waals surface area contributed by atoms with Crippen molar-refractivity contribution in [3.63, 3.8) is 0 Å². The summed E-state index contributed by atoms with van der Waals surface area (Å²) in [6.07, 6.45) is -2.41. The lowest BCUT2D eigenvalue weighted by molar-refractivity contribution is -0.734. The highest BCUT2D eigenvalue weighted by Gasteiger charge is 2.36. The summed E-state index contributed by atoms with van der Waals surface area (Å²) in [5.74, 6) is 0.912. The number of hydrogen-bond donors (Lipinski definition) is 0. The fourth-order valence-electron chi connectivity index (χ4n) is 3.13. The van der Waals surface area contributed by atoms with E-state index < -0.39 is 11.7 Å². The van der Waals surface area contributed by atoms with Crippen LogP contribution in [0, 0.1) is 0 Å². The van der Waals surface area contributed by atoms with Crippen LogP contribution in [0.25, 0.3) is 16.9 Å². The zero-order valence-corrected chi connectivity index (χ0v) is 16.3. The SMILES string of the molecule is CC1CSc2n(-c3cccc(C(F)(F)F)c3)cc(-c3ccccc3)[n+]21.[Br-]. The number of alkyl halides is 3. The van der Waals surface area contributed by atoms with Gasteiger partial charge in [0.05, 0.1) is 5.56 Å². The Morgan fingerprint density at radius 1 is 1.08 bits per heavy atom. The Morgan fingerprint density at radius 3 is 2.50 bits per heavy atom. The summed E-state index contributed by atoms with van der Waals surface area (Å²) in [5, 5.41) is 0.964. The summed E-state index contributed by atoms with van der Waals surface area (Å²) in [5.41, 5.74) is 1.98. The normalized spacial score (nSPS) is 16.2. The predicted molar refractivity (Wildman–Crippen MR) is 91.8 cm³/mol. The molecule has 0 amide bonds. The van der Waals surface area contributed by atoms with Crippen LogP contribution in [-0.2, 0) is 6.18 Å². The van der Waals surface area contributed by atoms with Crippen molar-refractivity contribution < 1.29 is 34.7 Å². The number of rotatable bonds is 2. The van der Waals surface area contributed by atoms with Gasteiger partial charge in [-0.05, 0) is 36.9 Å². The van der Waals surface area contributed by atoms with Gasteiger partial charge in [-0.2, -0.15) is 17.7 Å². The van der Waals surface area contributed by atoms with Crippen LogP contribution in [-0.4, -0.2) is 10.3 Å². The monoisotopic (exact) mass is 440 g/mol. The Bertz CT molecular complexity index is 922. The van der Waals surface area contributed by atoms with Gasteiger partial charge in [-0.1, -0.05) is 36.4 Å². The van der Waals surface area contributed by atoms with Crippen LogP contribution in [0.4, 0.5) is 13.2 Å². The van der Waals surface area contributed by atoms with Crippen molar-refractivity contribution in [3.05, 3.63) is 66.4 Å². The van der Waals surface area contributed by atoms with Crippen LogP contribution >= 0.6 is 11.8 Å². The molecule has 0 spiro atoms.